The molecule has 0 bridgehead atoms. The SMILES string of the molecule is CC/C=C\C/C=C\C/C=C\C/C=C\C/C=C\C/C=C\C/C=C\C/C=C\CCCCCCCCCCC(=O)OCC(COC(=O)CCCCCCCC)OC(=O)CCCCCCCCCCCC/C=C\C/C=C\C/C=C\CCCCCCC. The van der Waals surface area contributed by atoms with E-state index in [2.05, 4.69) is 154 Å². The predicted molar refractivity (Wildman–Crippen MR) is 357 cm³/mol. The molecule has 466 valence electrons. The molecule has 0 aliphatic heterocycles. The van der Waals surface area contributed by atoms with Crippen LogP contribution < -0.4 is 0 Å². The molecule has 0 aliphatic rings. The Balaban J connectivity index is 4.12. The molecule has 0 spiro atoms. The zero-order valence-corrected chi connectivity index (χ0v) is 53.5. The normalized spacial score (nSPS) is 13.0. The Kier molecular flexibility index (Phi) is 65.3. The third-order valence-corrected chi connectivity index (χ3v) is 14.4. The Labute approximate surface area is 506 Å². The Morgan fingerprint density at radius 1 is 0.256 bits per heavy atom. The van der Waals surface area contributed by atoms with Crippen molar-refractivity contribution in [1.29, 1.82) is 0 Å². The van der Waals surface area contributed by atoms with Gasteiger partial charge in [0.2, 0.25) is 0 Å². The van der Waals surface area contributed by atoms with Crippen LogP contribution in [0.25, 0.3) is 0 Å². The van der Waals surface area contributed by atoms with Crippen molar-refractivity contribution in [3.05, 3.63) is 134 Å². The average Bonchev–Trinajstić information content (AvgIpc) is 3.47. The molecule has 6 heteroatoms. The van der Waals surface area contributed by atoms with Crippen LogP contribution in [-0.4, -0.2) is 37.2 Å². The van der Waals surface area contributed by atoms with E-state index in [0.717, 1.165) is 128 Å². The van der Waals surface area contributed by atoms with E-state index in [-0.39, 0.29) is 31.1 Å². The highest BCUT2D eigenvalue weighted by Gasteiger charge is 2.19. The van der Waals surface area contributed by atoms with E-state index in [0.29, 0.717) is 19.3 Å². The standard InChI is InChI=1S/C76H126O6/c1-4-7-10-13-16-18-20-22-24-26-28-30-32-34-35-36-37-38-39-40-41-43-44-46-48-50-52-54-56-58-60-63-66-69-75(78)81-72-73(71-80-74(77)68-65-62-15-12-9-6-3)82-76(79)70-67-64-61-59-57-55-53-51-49-47-45-42-33-31-29-27-25-23-21-19-17-14-11-8-5-2/h7,10,16,18,21-24,27-30,33-35,37-38,40-42,44,46,73H,4-6,8-9,11-15,17,19-20,25-26,31-32,36,39,43,45,47-72H2,1-3H3/b10-7-,18-16-,23-21-,24-22-,29-27-,30-28-,35-34-,38-37-,41-40-,42-33-,46-44-. The van der Waals surface area contributed by atoms with Crippen molar-refractivity contribution in [2.75, 3.05) is 13.2 Å². The number of carbonyl (C=O) groups excluding carboxylic acids is 3. The number of unbranched alkanes of at least 4 members (excludes halogenated alkanes) is 28. The number of carbonyl (C=O) groups is 3. The Morgan fingerprint density at radius 2 is 0.476 bits per heavy atom. The van der Waals surface area contributed by atoms with Gasteiger partial charge in [-0.25, -0.2) is 0 Å². The van der Waals surface area contributed by atoms with Crippen LogP contribution in [0.1, 0.15) is 310 Å². The van der Waals surface area contributed by atoms with E-state index in [4.69, 9.17) is 14.2 Å². The molecule has 0 amide bonds. The van der Waals surface area contributed by atoms with Gasteiger partial charge in [-0.15, -0.1) is 0 Å². The van der Waals surface area contributed by atoms with Crippen LogP contribution in [0.2, 0.25) is 0 Å². The van der Waals surface area contributed by atoms with E-state index in [1.807, 2.05) is 0 Å². The molecule has 0 aromatic carbocycles. The predicted octanol–water partition coefficient (Wildman–Crippen LogP) is 23.7. The summed E-state index contributed by atoms with van der Waals surface area (Å²) in [4.78, 5) is 38.1. The van der Waals surface area contributed by atoms with E-state index in [1.54, 1.807) is 0 Å². The highest BCUT2D eigenvalue weighted by atomic mass is 16.6. The second-order valence-electron chi connectivity index (χ2n) is 22.4. The fourth-order valence-electron chi connectivity index (χ4n) is 9.29. The smallest absolute Gasteiger partial charge is 0.306 e. The summed E-state index contributed by atoms with van der Waals surface area (Å²) in [7, 11) is 0. The van der Waals surface area contributed by atoms with Gasteiger partial charge in [0, 0.05) is 19.3 Å². The van der Waals surface area contributed by atoms with Crippen molar-refractivity contribution in [2.45, 2.75) is 316 Å². The van der Waals surface area contributed by atoms with Crippen molar-refractivity contribution < 1.29 is 28.6 Å². The Hall–Kier alpha value is -4.45. The molecule has 0 saturated carbocycles. The quantitative estimate of drug-likeness (QED) is 0.0261. The van der Waals surface area contributed by atoms with Gasteiger partial charge in [0.1, 0.15) is 13.2 Å². The summed E-state index contributed by atoms with van der Waals surface area (Å²) in [6.45, 7) is 6.46. The zero-order valence-electron chi connectivity index (χ0n) is 53.5. The van der Waals surface area contributed by atoms with Crippen molar-refractivity contribution in [2.24, 2.45) is 0 Å². The first-order chi connectivity index (χ1) is 40.5. The van der Waals surface area contributed by atoms with Gasteiger partial charge < -0.3 is 14.2 Å². The average molecular weight is 1140 g/mol. The summed E-state index contributed by atoms with van der Waals surface area (Å²) in [5, 5.41) is 0. The molecule has 6 nitrogen and oxygen atoms in total. The lowest BCUT2D eigenvalue weighted by atomic mass is 10.0. The summed E-state index contributed by atoms with van der Waals surface area (Å²) in [5.41, 5.74) is 0. The maximum absolute atomic E-state index is 12.9. The number of hydrogen-bond acceptors (Lipinski definition) is 6. The second kappa shape index (κ2) is 69.0. The minimum atomic E-state index is -0.785. The van der Waals surface area contributed by atoms with E-state index < -0.39 is 6.10 Å². The number of esters is 3. The lowest BCUT2D eigenvalue weighted by molar-refractivity contribution is -0.167. The third-order valence-electron chi connectivity index (χ3n) is 14.4. The molecule has 0 aliphatic carbocycles. The van der Waals surface area contributed by atoms with Gasteiger partial charge in [0.25, 0.3) is 0 Å². The molecule has 1 unspecified atom stereocenters. The molecule has 82 heavy (non-hydrogen) atoms. The number of hydrogen-bond donors (Lipinski definition) is 0. The topological polar surface area (TPSA) is 78.9 Å². The first-order valence-corrected chi connectivity index (χ1v) is 34.2. The second-order valence-corrected chi connectivity index (χ2v) is 22.4. The number of rotatable bonds is 61. The summed E-state index contributed by atoms with van der Waals surface area (Å²) in [5.74, 6) is -0.902. The molecular formula is C76H126O6. The summed E-state index contributed by atoms with van der Waals surface area (Å²) in [6.07, 6.45) is 97.9. The van der Waals surface area contributed by atoms with Crippen LogP contribution >= 0.6 is 0 Å². The van der Waals surface area contributed by atoms with E-state index in [9.17, 15) is 14.4 Å². The lowest BCUT2D eigenvalue weighted by Crippen LogP contribution is -2.30. The van der Waals surface area contributed by atoms with Gasteiger partial charge in [-0.3, -0.25) is 14.4 Å². The third kappa shape index (κ3) is 66.4. The zero-order chi connectivity index (χ0) is 59.2. The van der Waals surface area contributed by atoms with Gasteiger partial charge >= 0.3 is 17.9 Å². The first-order valence-electron chi connectivity index (χ1n) is 34.2. The molecule has 0 N–H and O–H groups in total. The van der Waals surface area contributed by atoms with Crippen molar-refractivity contribution in [1.82, 2.24) is 0 Å². The molecule has 0 aromatic rings. The van der Waals surface area contributed by atoms with Crippen LogP contribution in [0.15, 0.2) is 134 Å². The van der Waals surface area contributed by atoms with Gasteiger partial charge in [-0.2, -0.15) is 0 Å². The van der Waals surface area contributed by atoms with E-state index in [1.165, 1.54) is 141 Å². The van der Waals surface area contributed by atoms with Crippen LogP contribution in [0.5, 0.6) is 0 Å². The molecule has 0 rings (SSSR count). The lowest BCUT2D eigenvalue weighted by Gasteiger charge is -2.18. The Morgan fingerprint density at radius 3 is 0.744 bits per heavy atom. The first kappa shape index (κ1) is 77.5. The number of allylic oxidation sites excluding steroid dienone is 22. The van der Waals surface area contributed by atoms with Crippen molar-refractivity contribution in [3.8, 4) is 0 Å². The minimum absolute atomic E-state index is 0.0837. The maximum atomic E-state index is 12.9. The summed E-state index contributed by atoms with van der Waals surface area (Å²) in [6, 6.07) is 0. The molecule has 0 heterocycles. The largest absolute Gasteiger partial charge is 0.462 e. The molecule has 1 atom stereocenters. The van der Waals surface area contributed by atoms with Gasteiger partial charge in [0.05, 0.1) is 0 Å². The van der Waals surface area contributed by atoms with Crippen LogP contribution in [0, 0.1) is 0 Å². The highest BCUT2D eigenvalue weighted by Crippen LogP contribution is 2.16. The monoisotopic (exact) mass is 1130 g/mol. The fraction of sp³-hybridized carbons (Fsp3) is 0.671. The van der Waals surface area contributed by atoms with E-state index >= 15 is 0 Å². The fourth-order valence-corrected chi connectivity index (χ4v) is 9.29. The summed E-state index contributed by atoms with van der Waals surface area (Å²) >= 11 is 0. The van der Waals surface area contributed by atoms with Crippen molar-refractivity contribution in [3.63, 3.8) is 0 Å². The maximum Gasteiger partial charge on any atom is 0.306 e. The highest BCUT2D eigenvalue weighted by molar-refractivity contribution is 5.71. The molecular weight excluding hydrogens is 1010 g/mol. The number of ether oxygens (including phenoxy) is 3. The Bertz CT molecular complexity index is 1730. The molecule has 0 aromatic heterocycles. The van der Waals surface area contributed by atoms with Gasteiger partial charge in [0.15, 0.2) is 6.10 Å². The molecule has 0 fully saturated rings. The van der Waals surface area contributed by atoms with Gasteiger partial charge in [-0.1, -0.05) is 302 Å². The van der Waals surface area contributed by atoms with Gasteiger partial charge in [-0.05, 0) is 122 Å². The van der Waals surface area contributed by atoms with Crippen LogP contribution in [0.4, 0.5) is 0 Å². The minimum Gasteiger partial charge on any atom is -0.462 e. The van der Waals surface area contributed by atoms with Crippen molar-refractivity contribution >= 4 is 17.9 Å². The molecule has 0 saturated heterocycles. The molecule has 0 radical (unpaired) electrons. The van der Waals surface area contributed by atoms with Crippen LogP contribution in [-0.2, 0) is 28.6 Å². The summed E-state index contributed by atoms with van der Waals surface area (Å²) < 4.78 is 16.8. The van der Waals surface area contributed by atoms with Crippen LogP contribution in [0.3, 0.4) is 0 Å².